The lowest BCUT2D eigenvalue weighted by atomic mass is 9.81. The number of para-hydroxylation sites is 2. The fourth-order valence-electron chi connectivity index (χ4n) is 20.0. The molecule has 0 aromatic heterocycles. The topological polar surface area (TPSA) is 251 Å². The first-order chi connectivity index (χ1) is 61.6. The SMILES string of the molecule is CC(=O)c1ccc2c3ccc4c5c(ccc(c6ccc(C(C)=O)c1c26)c53)C(=O)N(CCc1ccc(Oc2cc(C(C)=O)c3c(C(C)=O)ccc5c6c(Oc7ccc(CCN8C(=O)c9ccc%10c%11ccc(C(=O)Oc%12ccccc%12)c%12c(C(=O)Oc%13ccccc%13)ccc(c%13ccc(c9c%10%13)C8=O)c%12%11)cc7)cc7c8c(ccc(c2c35)c86)C(=O)N(CCCBr)C7=O)cc1)C4=O. The van der Waals surface area contributed by atoms with Crippen LogP contribution in [0.2, 0.25) is 0 Å². The Morgan fingerprint density at radius 3 is 0.921 bits per heavy atom. The third-order valence-corrected chi connectivity index (χ3v) is 26.2. The normalized spacial score (nSPS) is 13.4. The van der Waals surface area contributed by atoms with E-state index in [2.05, 4.69) is 15.9 Å². The van der Waals surface area contributed by atoms with Crippen LogP contribution in [0.5, 0.6) is 34.5 Å². The van der Waals surface area contributed by atoms with Gasteiger partial charge in [-0.05, 0) is 237 Å². The van der Waals surface area contributed by atoms with E-state index < -0.39 is 47.4 Å². The minimum Gasteiger partial charge on any atom is -0.457 e. The Morgan fingerprint density at radius 1 is 0.260 bits per heavy atom. The monoisotopic (exact) mass is 1730 g/mol. The van der Waals surface area contributed by atoms with E-state index in [0.717, 1.165) is 43.4 Å². The molecule has 3 aliphatic heterocycles. The summed E-state index contributed by atoms with van der Waals surface area (Å²) in [6, 6.07) is 70.1. The third kappa shape index (κ3) is 11.7. The van der Waals surface area contributed by atoms with E-state index in [0.29, 0.717) is 165 Å². The van der Waals surface area contributed by atoms with E-state index in [1.165, 1.54) is 42.4 Å². The lowest BCUT2D eigenvalue weighted by Gasteiger charge is -2.29. The van der Waals surface area contributed by atoms with E-state index in [1.807, 2.05) is 60.7 Å². The van der Waals surface area contributed by atoms with Crippen LogP contribution in [0, 0.1) is 0 Å². The molecule has 3 heterocycles. The van der Waals surface area contributed by atoms with Crippen LogP contribution in [0.1, 0.15) is 170 Å². The molecule has 19 aromatic rings. The van der Waals surface area contributed by atoms with E-state index in [1.54, 1.807) is 182 Å². The van der Waals surface area contributed by atoms with Crippen molar-refractivity contribution < 1.29 is 76.5 Å². The molecular formula is C107H66BrN3O16. The Balaban J connectivity index is 0.576. The zero-order chi connectivity index (χ0) is 87.1. The summed E-state index contributed by atoms with van der Waals surface area (Å²) in [5, 5.41) is 14.7. The molecule has 19 aromatic carbocycles. The predicted octanol–water partition coefficient (Wildman–Crippen LogP) is 22.7. The van der Waals surface area contributed by atoms with Gasteiger partial charge in [-0.2, -0.15) is 0 Å². The average molecular weight is 1730 g/mol. The predicted molar refractivity (Wildman–Crippen MR) is 491 cm³/mol. The summed E-state index contributed by atoms with van der Waals surface area (Å²) in [6.45, 7) is 5.93. The van der Waals surface area contributed by atoms with E-state index in [-0.39, 0.29) is 100 Å². The first-order valence-electron chi connectivity index (χ1n) is 41.6. The van der Waals surface area contributed by atoms with Crippen molar-refractivity contribution in [2.75, 3.05) is 25.0 Å². The largest absolute Gasteiger partial charge is 0.457 e. The maximum absolute atomic E-state index is 15.2. The molecule has 6 amide bonds. The number of amides is 6. The van der Waals surface area contributed by atoms with Gasteiger partial charge in [-0.3, -0.25) is 62.6 Å². The van der Waals surface area contributed by atoms with Gasteiger partial charge in [-0.15, -0.1) is 0 Å². The molecule has 20 heteroatoms. The van der Waals surface area contributed by atoms with E-state index >= 15 is 14.4 Å². The zero-order valence-electron chi connectivity index (χ0n) is 68.3. The van der Waals surface area contributed by atoms with Crippen LogP contribution in [-0.2, 0) is 12.8 Å². The number of benzene rings is 19. The van der Waals surface area contributed by atoms with Crippen LogP contribution in [0.3, 0.4) is 0 Å². The van der Waals surface area contributed by atoms with Gasteiger partial charge < -0.3 is 18.9 Å². The van der Waals surface area contributed by atoms with Crippen LogP contribution in [0.25, 0.3) is 129 Å². The molecule has 0 bridgehead atoms. The summed E-state index contributed by atoms with van der Waals surface area (Å²) in [5.74, 6) is -3.61. The van der Waals surface area contributed by atoms with Crippen molar-refractivity contribution in [3.05, 3.63) is 321 Å². The molecule has 19 nitrogen and oxygen atoms in total. The zero-order valence-corrected chi connectivity index (χ0v) is 69.9. The van der Waals surface area contributed by atoms with Gasteiger partial charge in [-0.25, -0.2) is 9.59 Å². The first-order valence-corrected chi connectivity index (χ1v) is 42.7. The molecule has 0 spiro atoms. The van der Waals surface area contributed by atoms with Gasteiger partial charge in [0, 0.05) is 129 Å². The summed E-state index contributed by atoms with van der Waals surface area (Å²) in [4.78, 5) is 176. The maximum atomic E-state index is 15.2. The van der Waals surface area contributed by atoms with Gasteiger partial charge >= 0.3 is 11.9 Å². The average Bonchev–Trinajstić information content (AvgIpc) is 0.751. The fourth-order valence-corrected chi connectivity index (χ4v) is 20.2. The molecule has 127 heavy (non-hydrogen) atoms. The van der Waals surface area contributed by atoms with Gasteiger partial charge in [0.15, 0.2) is 23.1 Å². The third-order valence-electron chi connectivity index (χ3n) is 25.6. The number of imide groups is 3. The molecule has 0 radical (unpaired) electrons. The Labute approximate surface area is 729 Å². The molecular weight excluding hydrogens is 1660 g/mol. The highest BCUT2D eigenvalue weighted by Gasteiger charge is 2.40. The van der Waals surface area contributed by atoms with Crippen molar-refractivity contribution in [2.45, 2.75) is 47.0 Å². The van der Waals surface area contributed by atoms with Crippen molar-refractivity contribution in [3.8, 4) is 34.5 Å². The number of esters is 2. The van der Waals surface area contributed by atoms with Crippen LogP contribution in [0.15, 0.2) is 243 Å². The molecule has 22 rings (SSSR count). The fraction of sp³-hybridized carbons (Fsp3) is 0.103. The van der Waals surface area contributed by atoms with Crippen molar-refractivity contribution >= 4 is 216 Å². The van der Waals surface area contributed by atoms with Gasteiger partial charge in [0.1, 0.15) is 34.5 Å². The summed E-state index contributed by atoms with van der Waals surface area (Å²) in [6.07, 6.45) is 0.956. The molecule has 612 valence electrons. The number of hydrogen-bond acceptors (Lipinski definition) is 16. The highest BCUT2D eigenvalue weighted by molar-refractivity contribution is 9.09. The molecule has 0 saturated carbocycles. The second-order valence-electron chi connectivity index (χ2n) is 32.7. The quantitative estimate of drug-likeness (QED) is 0.0123. The van der Waals surface area contributed by atoms with Crippen molar-refractivity contribution in [1.82, 2.24) is 14.7 Å². The second kappa shape index (κ2) is 29.2. The van der Waals surface area contributed by atoms with Crippen molar-refractivity contribution in [3.63, 3.8) is 0 Å². The van der Waals surface area contributed by atoms with Crippen LogP contribution in [-0.4, -0.2) is 110 Å². The highest BCUT2D eigenvalue weighted by atomic mass is 79.9. The Hall–Kier alpha value is -15.8. The molecule has 0 aliphatic carbocycles. The van der Waals surface area contributed by atoms with Gasteiger partial charge in [0.2, 0.25) is 0 Å². The summed E-state index contributed by atoms with van der Waals surface area (Å²) in [5.41, 5.74) is 4.92. The molecule has 0 saturated heterocycles. The smallest absolute Gasteiger partial charge is 0.344 e. The number of Topliss-reactive ketones (excluding diaryl/α,β-unsaturated/α-hetero) is 4. The minimum absolute atomic E-state index is 0.00690. The van der Waals surface area contributed by atoms with Gasteiger partial charge in [0.05, 0.1) is 16.7 Å². The number of ketones is 4. The number of carbonyl (C=O) groups is 12. The lowest BCUT2D eigenvalue weighted by Crippen LogP contribution is -2.41. The Bertz CT molecular complexity index is 8030. The maximum Gasteiger partial charge on any atom is 0.344 e. The minimum atomic E-state index is -0.691. The van der Waals surface area contributed by atoms with Gasteiger partial charge in [0.25, 0.3) is 35.4 Å². The molecule has 0 fully saturated rings. The highest BCUT2D eigenvalue weighted by Crippen LogP contribution is 2.54. The molecule has 0 N–H and O–H groups in total. The number of carbonyl (C=O) groups excluding carboxylic acids is 12. The number of halogens is 1. The molecule has 0 unspecified atom stereocenters. The lowest BCUT2D eigenvalue weighted by molar-refractivity contribution is 0.0596. The van der Waals surface area contributed by atoms with Gasteiger partial charge in [-0.1, -0.05) is 155 Å². The second-order valence-corrected chi connectivity index (χ2v) is 33.4. The molecule has 3 aliphatic rings. The Morgan fingerprint density at radius 2 is 0.551 bits per heavy atom. The standard InChI is InChI=1S/C107H66BrN3O16/c1-52(112)62-24-27-65-67-29-37-75-92-76(38-30-68(89(67)92)66-28-25-63(53(2)113)86(62)88(65)66)102(118)110(101(75)117)48-44-56-16-20-60(21-17-56)124-84-50-82(55(4)115)87-64(54(3)114)26-35-73-97-85(51-83-94-79(100(116)109(105(83)121)47-11-46-108)41-36-74(99(94)97)96(84)98(73)87)125-61-22-18-57(19-23-61)45-49-111-103(119)77-39-31-69-71-33-42-80(106(122)126-58-12-7-5-8-13-58)95-81(107(123)127-59-14-9-6-10-15-59)43-34-72(91(71)95)70-32-40-78(104(111)120)93(77)90(69)70/h5-10,12-43,50-51H,11,44-49H2,1-4H3. The molecule has 0 atom stereocenters. The van der Waals surface area contributed by atoms with E-state index in [9.17, 15) is 43.2 Å². The van der Waals surface area contributed by atoms with Crippen LogP contribution in [0.4, 0.5) is 0 Å². The Kier molecular flexibility index (Phi) is 17.8. The van der Waals surface area contributed by atoms with Crippen LogP contribution >= 0.6 is 15.9 Å². The van der Waals surface area contributed by atoms with Crippen molar-refractivity contribution in [1.29, 1.82) is 0 Å². The number of rotatable bonds is 21. The first kappa shape index (κ1) is 77.3. The van der Waals surface area contributed by atoms with Crippen molar-refractivity contribution in [2.24, 2.45) is 0 Å². The number of fused-ring (bicyclic) bond motifs is 6. The van der Waals surface area contributed by atoms with E-state index in [4.69, 9.17) is 18.9 Å². The summed E-state index contributed by atoms with van der Waals surface area (Å²) in [7, 11) is 0. The number of alkyl halides is 1. The van der Waals surface area contributed by atoms with Crippen LogP contribution < -0.4 is 18.9 Å². The summed E-state index contributed by atoms with van der Waals surface area (Å²) < 4.78 is 25.8. The number of nitrogens with zero attached hydrogens (tertiary/aromatic N) is 3. The summed E-state index contributed by atoms with van der Waals surface area (Å²) >= 11 is 3.49. The number of ether oxygens (including phenoxy) is 4. The number of hydrogen-bond donors (Lipinski definition) is 0.